The molecule has 0 bridgehead atoms. The van der Waals surface area contributed by atoms with Crippen molar-refractivity contribution >= 4 is 17.9 Å². The van der Waals surface area contributed by atoms with Gasteiger partial charge in [0.15, 0.2) is 0 Å². The number of aromatic nitrogens is 1. The topological polar surface area (TPSA) is 96.5 Å². The number of pyridine rings is 1. The highest BCUT2D eigenvalue weighted by atomic mass is 16.6. The quantitative estimate of drug-likeness (QED) is 0.434. The standard InChI is InChI=1S/C35H51N5O5/c1-34(2,3)44-32(41)37-16-17-39(30-14-7-10-25-12-9-15-36-31(25)30)24-27-22-28-26(23-40(27)33(42)45-35(4,5)6)11-8-13-29(28)38-18-20-43-21-19-38/h8-9,11-13,15,27,30H,7,10,14,16-24H2,1-6H3,(H,37,41)/t27-,30+/m1/s1. The smallest absolute Gasteiger partial charge is 0.410 e. The van der Waals surface area contributed by atoms with E-state index in [9.17, 15) is 9.59 Å². The number of ether oxygens (including phenoxy) is 3. The van der Waals surface area contributed by atoms with Gasteiger partial charge >= 0.3 is 12.2 Å². The van der Waals surface area contributed by atoms with E-state index in [0.717, 1.165) is 43.6 Å². The largest absolute Gasteiger partial charge is 0.444 e. The zero-order valence-corrected chi connectivity index (χ0v) is 27.9. The monoisotopic (exact) mass is 621 g/mol. The molecule has 1 fully saturated rings. The number of carbonyl (C=O) groups is 2. The highest BCUT2D eigenvalue weighted by Crippen LogP contribution is 2.36. The van der Waals surface area contributed by atoms with Crippen molar-refractivity contribution in [2.24, 2.45) is 0 Å². The second-order valence-electron chi connectivity index (χ2n) is 14.4. The number of hydrogen-bond acceptors (Lipinski definition) is 8. The van der Waals surface area contributed by atoms with Crippen LogP contribution in [0, 0.1) is 0 Å². The second kappa shape index (κ2) is 14.0. The molecule has 2 atom stereocenters. The van der Waals surface area contributed by atoms with Crippen LogP contribution in [-0.4, -0.2) is 90.2 Å². The fraction of sp³-hybridized carbons (Fsp3) is 0.629. The molecule has 1 aromatic heterocycles. The summed E-state index contributed by atoms with van der Waals surface area (Å²) in [5.41, 5.74) is 4.86. The van der Waals surface area contributed by atoms with Gasteiger partial charge in [0.25, 0.3) is 0 Å². The minimum atomic E-state index is -0.610. The van der Waals surface area contributed by atoms with Gasteiger partial charge in [-0.1, -0.05) is 18.2 Å². The SMILES string of the molecule is CC(C)(C)OC(=O)NCCN(C[C@H]1Cc2c(cccc2N2CCOCC2)CN1C(=O)OC(C)(C)C)[C@H]1CCCc2cccnc21. The van der Waals surface area contributed by atoms with Crippen LogP contribution in [0.3, 0.4) is 0 Å². The number of rotatable bonds is 7. The number of alkyl carbamates (subject to hydrolysis) is 1. The van der Waals surface area contributed by atoms with Crippen LogP contribution in [0.2, 0.25) is 0 Å². The highest BCUT2D eigenvalue weighted by molar-refractivity contribution is 5.70. The van der Waals surface area contributed by atoms with Gasteiger partial charge < -0.3 is 24.4 Å². The predicted molar refractivity (Wildman–Crippen MR) is 174 cm³/mol. The number of amides is 2. The van der Waals surface area contributed by atoms with Crippen LogP contribution in [0.5, 0.6) is 0 Å². The first kappa shape index (κ1) is 33.0. The maximum absolute atomic E-state index is 13.8. The lowest BCUT2D eigenvalue weighted by atomic mass is 9.88. The maximum atomic E-state index is 13.8. The molecule has 2 amide bonds. The van der Waals surface area contributed by atoms with E-state index in [1.165, 1.54) is 16.8 Å². The lowest BCUT2D eigenvalue weighted by Crippen LogP contribution is -2.53. The van der Waals surface area contributed by atoms with Crippen molar-refractivity contribution < 1.29 is 23.8 Å². The Hall–Kier alpha value is -3.37. The molecule has 45 heavy (non-hydrogen) atoms. The minimum absolute atomic E-state index is 0.0757. The molecule has 246 valence electrons. The Labute approximate surface area is 268 Å². The summed E-state index contributed by atoms with van der Waals surface area (Å²) in [6.45, 7) is 16.6. The van der Waals surface area contributed by atoms with Crippen molar-refractivity contribution in [1.82, 2.24) is 20.1 Å². The Morgan fingerprint density at radius 2 is 1.76 bits per heavy atom. The lowest BCUT2D eigenvalue weighted by molar-refractivity contribution is 0.00474. The van der Waals surface area contributed by atoms with Crippen molar-refractivity contribution in [2.75, 3.05) is 50.8 Å². The average molecular weight is 622 g/mol. The summed E-state index contributed by atoms with van der Waals surface area (Å²) < 4.78 is 17.1. The number of nitrogens with zero attached hydrogens (tertiary/aromatic N) is 4. The van der Waals surface area contributed by atoms with E-state index < -0.39 is 17.3 Å². The summed E-state index contributed by atoms with van der Waals surface area (Å²) in [4.78, 5) is 37.9. The molecule has 0 saturated carbocycles. The average Bonchev–Trinajstić information content (AvgIpc) is 2.98. The summed E-state index contributed by atoms with van der Waals surface area (Å²) in [5, 5.41) is 2.96. The molecule has 0 unspecified atom stereocenters. The molecule has 1 N–H and O–H groups in total. The number of anilines is 1. The van der Waals surface area contributed by atoms with Crippen LogP contribution < -0.4 is 10.2 Å². The predicted octanol–water partition coefficient (Wildman–Crippen LogP) is 5.48. The summed E-state index contributed by atoms with van der Waals surface area (Å²) in [6.07, 6.45) is 4.88. The van der Waals surface area contributed by atoms with E-state index in [1.54, 1.807) is 0 Å². The first-order valence-electron chi connectivity index (χ1n) is 16.5. The number of carbonyl (C=O) groups excluding carboxylic acids is 2. The number of fused-ring (bicyclic) bond motifs is 2. The molecule has 1 aromatic carbocycles. The van der Waals surface area contributed by atoms with E-state index in [0.29, 0.717) is 45.8 Å². The fourth-order valence-electron chi connectivity index (χ4n) is 6.66. The van der Waals surface area contributed by atoms with Gasteiger partial charge in [-0.2, -0.15) is 0 Å². The molecule has 1 aliphatic carbocycles. The third-order valence-corrected chi connectivity index (χ3v) is 8.57. The van der Waals surface area contributed by atoms with Crippen molar-refractivity contribution in [3.63, 3.8) is 0 Å². The number of nitrogens with one attached hydrogen (secondary N) is 1. The summed E-state index contributed by atoms with van der Waals surface area (Å²) in [6, 6.07) is 10.5. The second-order valence-corrected chi connectivity index (χ2v) is 14.4. The zero-order chi connectivity index (χ0) is 32.2. The molecular formula is C35H51N5O5. The lowest BCUT2D eigenvalue weighted by Gasteiger charge is -2.44. The Balaban J connectivity index is 1.45. The van der Waals surface area contributed by atoms with Gasteiger partial charge in [-0.05, 0) is 96.0 Å². The Kier molecular flexibility index (Phi) is 10.2. The van der Waals surface area contributed by atoms with E-state index in [2.05, 4.69) is 39.4 Å². The highest BCUT2D eigenvalue weighted by Gasteiger charge is 2.38. The van der Waals surface area contributed by atoms with Crippen molar-refractivity contribution in [1.29, 1.82) is 0 Å². The van der Waals surface area contributed by atoms with E-state index in [4.69, 9.17) is 19.2 Å². The van der Waals surface area contributed by atoms with E-state index >= 15 is 0 Å². The number of hydrogen-bond donors (Lipinski definition) is 1. The van der Waals surface area contributed by atoms with Crippen molar-refractivity contribution in [3.05, 3.63) is 58.9 Å². The minimum Gasteiger partial charge on any atom is -0.444 e. The molecule has 0 radical (unpaired) electrons. The molecule has 0 spiro atoms. The van der Waals surface area contributed by atoms with Crippen LogP contribution in [0.25, 0.3) is 0 Å². The van der Waals surface area contributed by atoms with Gasteiger partial charge in [-0.15, -0.1) is 0 Å². The molecule has 2 aliphatic heterocycles. The molecule has 10 nitrogen and oxygen atoms in total. The van der Waals surface area contributed by atoms with Gasteiger partial charge in [0, 0.05) is 51.2 Å². The van der Waals surface area contributed by atoms with E-state index in [-0.39, 0.29) is 18.2 Å². The first-order chi connectivity index (χ1) is 21.4. The van der Waals surface area contributed by atoms with Crippen LogP contribution in [0.1, 0.15) is 82.8 Å². The van der Waals surface area contributed by atoms with Crippen LogP contribution >= 0.6 is 0 Å². The van der Waals surface area contributed by atoms with Gasteiger partial charge in [0.1, 0.15) is 11.2 Å². The summed E-state index contributed by atoms with van der Waals surface area (Å²) in [7, 11) is 0. The van der Waals surface area contributed by atoms with Crippen LogP contribution in [0.15, 0.2) is 36.5 Å². The molecule has 3 aliphatic rings. The van der Waals surface area contributed by atoms with Crippen LogP contribution in [0.4, 0.5) is 15.3 Å². The number of morpholine rings is 1. The molecule has 10 heteroatoms. The van der Waals surface area contributed by atoms with Gasteiger partial charge in [-0.3, -0.25) is 14.8 Å². The molecule has 1 saturated heterocycles. The summed E-state index contributed by atoms with van der Waals surface area (Å²) >= 11 is 0. The van der Waals surface area contributed by atoms with Crippen LogP contribution in [-0.2, 0) is 33.6 Å². The number of benzene rings is 1. The Morgan fingerprint density at radius 1 is 1.02 bits per heavy atom. The van der Waals surface area contributed by atoms with Gasteiger partial charge in [0.05, 0.1) is 31.0 Å². The maximum Gasteiger partial charge on any atom is 0.410 e. The van der Waals surface area contributed by atoms with Gasteiger partial charge in [-0.25, -0.2) is 9.59 Å². The van der Waals surface area contributed by atoms with Crippen molar-refractivity contribution in [3.8, 4) is 0 Å². The number of aryl methyl sites for hydroxylation is 1. The molecule has 3 heterocycles. The first-order valence-corrected chi connectivity index (χ1v) is 16.5. The normalized spacial score (nSPS) is 20.3. The Bertz CT molecular complexity index is 1330. The van der Waals surface area contributed by atoms with E-state index in [1.807, 2.05) is 58.7 Å². The Morgan fingerprint density at radius 3 is 2.49 bits per heavy atom. The molecule has 5 rings (SSSR count). The van der Waals surface area contributed by atoms with Gasteiger partial charge in [0.2, 0.25) is 0 Å². The molecule has 2 aromatic rings. The third kappa shape index (κ3) is 8.67. The fourth-order valence-corrected chi connectivity index (χ4v) is 6.66. The van der Waals surface area contributed by atoms with Crippen molar-refractivity contribution in [2.45, 2.75) is 97.1 Å². The molecular weight excluding hydrogens is 570 g/mol. The zero-order valence-electron chi connectivity index (χ0n) is 27.9. The summed E-state index contributed by atoms with van der Waals surface area (Å²) in [5.74, 6) is 0. The third-order valence-electron chi connectivity index (χ3n) is 8.57.